The molecule has 0 aliphatic rings. The Morgan fingerprint density at radius 1 is 1.58 bits per heavy atom. The number of aliphatic carboxylic acids is 1. The summed E-state index contributed by atoms with van der Waals surface area (Å²) in [6.45, 7) is 1.49. The number of carboxylic acids is 1. The highest BCUT2D eigenvalue weighted by atomic mass is 32.2. The lowest BCUT2D eigenvalue weighted by atomic mass is 10.2. The van der Waals surface area contributed by atoms with Gasteiger partial charge in [0.2, 0.25) is 15.9 Å². The number of H-pyrrole nitrogens is 1. The number of carbonyl (C=O) groups excluding carboxylic acids is 1. The third-order valence-electron chi connectivity index (χ3n) is 2.35. The third kappa shape index (κ3) is 4.03. The van der Waals surface area contributed by atoms with Crippen molar-refractivity contribution in [2.24, 2.45) is 5.73 Å². The summed E-state index contributed by atoms with van der Waals surface area (Å²) in [5.41, 5.74) is 5.18. The third-order valence-corrected chi connectivity index (χ3v) is 3.93. The van der Waals surface area contributed by atoms with Crippen LogP contribution in [0.25, 0.3) is 0 Å². The maximum Gasteiger partial charge on any atom is 0.321 e. The van der Waals surface area contributed by atoms with E-state index in [2.05, 4.69) is 10.2 Å². The lowest BCUT2D eigenvalue weighted by Crippen LogP contribution is -2.41. The summed E-state index contributed by atoms with van der Waals surface area (Å²) in [6.07, 6.45) is 0.620. The zero-order valence-corrected chi connectivity index (χ0v) is 10.9. The minimum Gasteiger partial charge on any atom is -0.480 e. The topological polar surface area (TPSA) is 155 Å². The number of nitrogens with one attached hydrogen (secondary N) is 2. The fourth-order valence-corrected chi connectivity index (χ4v) is 2.74. The van der Waals surface area contributed by atoms with Crippen molar-refractivity contribution in [1.82, 2.24) is 14.9 Å². The van der Waals surface area contributed by atoms with E-state index >= 15 is 0 Å². The lowest BCUT2D eigenvalue weighted by molar-refractivity contribution is -0.139. The SMILES string of the molecule is Cc1[nH]ncc1S(=O)(=O)N[C@H](CCC(N)=O)C(=O)O. The molecule has 0 aliphatic carbocycles. The van der Waals surface area contributed by atoms with Crippen LogP contribution < -0.4 is 10.5 Å². The first kappa shape index (κ1) is 15.1. The number of carbonyl (C=O) groups is 2. The number of hydrogen-bond donors (Lipinski definition) is 4. The Balaban J connectivity index is 2.87. The second-order valence-electron chi connectivity index (χ2n) is 3.88. The number of aryl methyl sites for hydroxylation is 1. The molecule has 106 valence electrons. The molecule has 19 heavy (non-hydrogen) atoms. The number of carboxylic acid groups (broad SMARTS) is 1. The first-order valence-corrected chi connectivity index (χ1v) is 6.75. The van der Waals surface area contributed by atoms with Gasteiger partial charge in [-0.2, -0.15) is 9.82 Å². The van der Waals surface area contributed by atoms with Crippen molar-refractivity contribution in [2.45, 2.75) is 30.7 Å². The van der Waals surface area contributed by atoms with Gasteiger partial charge in [-0.25, -0.2) is 8.42 Å². The van der Waals surface area contributed by atoms with Gasteiger partial charge < -0.3 is 10.8 Å². The minimum absolute atomic E-state index is 0.141. The van der Waals surface area contributed by atoms with E-state index in [1.807, 2.05) is 4.72 Å². The van der Waals surface area contributed by atoms with E-state index in [0.29, 0.717) is 0 Å². The average molecular weight is 290 g/mol. The van der Waals surface area contributed by atoms with Gasteiger partial charge in [0.1, 0.15) is 10.9 Å². The predicted octanol–water partition coefficient (Wildman–Crippen LogP) is -1.28. The second-order valence-corrected chi connectivity index (χ2v) is 5.56. The molecule has 0 unspecified atom stereocenters. The molecule has 0 radical (unpaired) electrons. The van der Waals surface area contributed by atoms with E-state index in [4.69, 9.17) is 10.8 Å². The molecule has 1 rings (SSSR count). The molecular weight excluding hydrogens is 276 g/mol. The van der Waals surface area contributed by atoms with Crippen LogP contribution in [0, 0.1) is 6.92 Å². The van der Waals surface area contributed by atoms with Crippen LogP contribution in [0.2, 0.25) is 0 Å². The van der Waals surface area contributed by atoms with Gasteiger partial charge in [0.15, 0.2) is 0 Å². The molecular formula is C9H14N4O5S. The summed E-state index contributed by atoms with van der Waals surface area (Å²) >= 11 is 0. The van der Waals surface area contributed by atoms with E-state index in [-0.39, 0.29) is 23.4 Å². The number of primary amides is 1. The monoisotopic (exact) mass is 290 g/mol. The zero-order valence-electron chi connectivity index (χ0n) is 10.1. The van der Waals surface area contributed by atoms with Crippen LogP contribution in [0.3, 0.4) is 0 Å². The molecule has 1 aromatic heterocycles. The quantitative estimate of drug-likeness (QED) is 0.490. The van der Waals surface area contributed by atoms with Crippen LogP contribution >= 0.6 is 0 Å². The van der Waals surface area contributed by atoms with Crippen molar-refractivity contribution in [3.8, 4) is 0 Å². The maximum absolute atomic E-state index is 11.9. The number of nitrogens with zero attached hydrogens (tertiary/aromatic N) is 1. The first-order valence-electron chi connectivity index (χ1n) is 5.27. The summed E-state index contributed by atoms with van der Waals surface area (Å²) < 4.78 is 25.8. The molecule has 0 saturated heterocycles. The van der Waals surface area contributed by atoms with Crippen molar-refractivity contribution in [1.29, 1.82) is 0 Å². The second kappa shape index (κ2) is 5.80. The van der Waals surface area contributed by atoms with Gasteiger partial charge in [-0.05, 0) is 13.3 Å². The Morgan fingerprint density at radius 3 is 2.63 bits per heavy atom. The van der Waals surface area contributed by atoms with Gasteiger partial charge in [-0.3, -0.25) is 14.7 Å². The number of nitrogens with two attached hydrogens (primary N) is 1. The van der Waals surface area contributed by atoms with Gasteiger partial charge in [-0.15, -0.1) is 0 Å². The van der Waals surface area contributed by atoms with E-state index in [1.165, 1.54) is 6.92 Å². The van der Waals surface area contributed by atoms with E-state index in [1.54, 1.807) is 0 Å². The summed E-state index contributed by atoms with van der Waals surface area (Å²) in [5.74, 6) is -2.09. The van der Waals surface area contributed by atoms with Crippen LogP contribution in [-0.4, -0.2) is 41.6 Å². The highest BCUT2D eigenvalue weighted by Crippen LogP contribution is 2.12. The zero-order chi connectivity index (χ0) is 14.6. The van der Waals surface area contributed by atoms with Gasteiger partial charge >= 0.3 is 5.97 Å². The molecule has 0 aromatic carbocycles. The molecule has 1 aromatic rings. The molecule has 0 spiro atoms. The Bertz CT molecular complexity index is 579. The molecule has 0 fully saturated rings. The fraction of sp³-hybridized carbons (Fsp3) is 0.444. The molecule has 1 amide bonds. The number of aromatic nitrogens is 2. The smallest absolute Gasteiger partial charge is 0.321 e. The number of rotatable bonds is 7. The Hall–Kier alpha value is -1.94. The van der Waals surface area contributed by atoms with Crippen LogP contribution in [0.1, 0.15) is 18.5 Å². The molecule has 1 atom stereocenters. The first-order chi connectivity index (χ1) is 8.74. The summed E-state index contributed by atoms with van der Waals surface area (Å²) in [5, 5.41) is 14.9. The Kier molecular flexibility index (Phi) is 4.62. The lowest BCUT2D eigenvalue weighted by Gasteiger charge is -2.13. The summed E-state index contributed by atoms with van der Waals surface area (Å²) in [7, 11) is -4.02. The van der Waals surface area contributed by atoms with Crippen molar-refractivity contribution < 1.29 is 23.1 Å². The molecule has 9 nitrogen and oxygen atoms in total. The Morgan fingerprint density at radius 2 is 2.21 bits per heavy atom. The van der Waals surface area contributed by atoms with Crippen molar-refractivity contribution >= 4 is 21.9 Å². The van der Waals surface area contributed by atoms with Gasteiger partial charge in [0.05, 0.1) is 11.9 Å². The van der Waals surface area contributed by atoms with E-state index in [9.17, 15) is 18.0 Å². The number of sulfonamides is 1. The van der Waals surface area contributed by atoms with E-state index < -0.39 is 27.9 Å². The van der Waals surface area contributed by atoms with E-state index in [0.717, 1.165) is 6.20 Å². The molecule has 10 heteroatoms. The molecule has 0 bridgehead atoms. The van der Waals surface area contributed by atoms with Gasteiger partial charge in [0.25, 0.3) is 0 Å². The summed E-state index contributed by atoms with van der Waals surface area (Å²) in [6, 6.07) is -1.42. The fourth-order valence-electron chi connectivity index (χ4n) is 1.38. The van der Waals surface area contributed by atoms with Crippen LogP contribution in [-0.2, 0) is 19.6 Å². The number of aromatic amines is 1. The Labute approximate surface area is 109 Å². The minimum atomic E-state index is -4.02. The van der Waals surface area contributed by atoms with Gasteiger partial charge in [0, 0.05) is 6.42 Å². The molecule has 5 N–H and O–H groups in total. The van der Waals surface area contributed by atoms with Crippen molar-refractivity contribution in [2.75, 3.05) is 0 Å². The highest BCUT2D eigenvalue weighted by molar-refractivity contribution is 7.89. The summed E-state index contributed by atoms with van der Waals surface area (Å²) in [4.78, 5) is 21.4. The molecule has 1 heterocycles. The normalized spacial score (nSPS) is 13.1. The van der Waals surface area contributed by atoms with Gasteiger partial charge in [-0.1, -0.05) is 0 Å². The predicted molar refractivity (Wildman–Crippen MR) is 63.5 cm³/mol. The largest absolute Gasteiger partial charge is 0.480 e. The molecule has 0 aliphatic heterocycles. The van der Waals surface area contributed by atoms with Crippen LogP contribution in [0.15, 0.2) is 11.1 Å². The standard InChI is InChI=1S/C9H14N4O5S/c1-5-7(4-11-12-5)19(17,18)13-6(9(15)16)2-3-8(10)14/h4,6,13H,2-3H2,1H3,(H2,10,14)(H,11,12)(H,15,16)/t6-/m1/s1. The maximum atomic E-state index is 11.9. The highest BCUT2D eigenvalue weighted by Gasteiger charge is 2.27. The average Bonchev–Trinajstić information content (AvgIpc) is 2.70. The number of hydrogen-bond acceptors (Lipinski definition) is 5. The van der Waals surface area contributed by atoms with Crippen molar-refractivity contribution in [3.63, 3.8) is 0 Å². The van der Waals surface area contributed by atoms with Crippen LogP contribution in [0.4, 0.5) is 0 Å². The molecule has 0 saturated carbocycles. The number of amides is 1. The van der Waals surface area contributed by atoms with Crippen molar-refractivity contribution in [3.05, 3.63) is 11.9 Å². The van der Waals surface area contributed by atoms with Crippen LogP contribution in [0.5, 0.6) is 0 Å².